The number of aromatic nitrogens is 2. The van der Waals surface area contributed by atoms with Gasteiger partial charge in [0, 0.05) is 42.0 Å². The van der Waals surface area contributed by atoms with Gasteiger partial charge in [-0.3, -0.25) is 19.1 Å². The summed E-state index contributed by atoms with van der Waals surface area (Å²) in [7, 11) is 1.78. The van der Waals surface area contributed by atoms with Gasteiger partial charge in [-0.05, 0) is 57.9 Å². The number of amides is 2. The molecule has 0 aliphatic heterocycles. The van der Waals surface area contributed by atoms with Crippen LogP contribution < -0.4 is 10.6 Å². The summed E-state index contributed by atoms with van der Waals surface area (Å²) in [6.07, 6.45) is -0.320. The standard InChI is InChI=1S/C29H34N4O4/c1-16-11-7-9-13-20(16)30-27(35)24-22(34)15-29(5,37)26(25(24)23-18(3)32-33(6)19(23)4)28(36)31-21-14-10-8-12-17(21)2/h7-14,24-26,37H,15H2,1-6H3,(H,30,35)(H,31,36)/t24-,25+,26+,29+/m1/s1. The molecule has 1 saturated carbocycles. The first-order chi connectivity index (χ1) is 17.4. The van der Waals surface area contributed by atoms with Crippen LogP contribution in [0.5, 0.6) is 0 Å². The summed E-state index contributed by atoms with van der Waals surface area (Å²) in [5.41, 5.74) is 3.21. The monoisotopic (exact) mass is 502 g/mol. The lowest BCUT2D eigenvalue weighted by molar-refractivity contribution is -0.150. The van der Waals surface area contributed by atoms with Gasteiger partial charge in [-0.25, -0.2) is 0 Å². The molecule has 1 heterocycles. The zero-order valence-electron chi connectivity index (χ0n) is 22.1. The number of Topliss-reactive ketones (excluding diaryl/α,β-unsaturated/α-hetero) is 1. The van der Waals surface area contributed by atoms with Gasteiger partial charge in [0.15, 0.2) is 0 Å². The highest BCUT2D eigenvalue weighted by Crippen LogP contribution is 2.48. The van der Waals surface area contributed by atoms with Crippen molar-refractivity contribution in [3.8, 4) is 0 Å². The van der Waals surface area contributed by atoms with E-state index in [-0.39, 0.29) is 6.42 Å². The van der Waals surface area contributed by atoms with Gasteiger partial charge < -0.3 is 15.7 Å². The van der Waals surface area contributed by atoms with Crippen molar-refractivity contribution in [2.24, 2.45) is 18.9 Å². The largest absolute Gasteiger partial charge is 0.389 e. The predicted molar refractivity (Wildman–Crippen MR) is 142 cm³/mol. The summed E-state index contributed by atoms with van der Waals surface area (Å²) in [6, 6.07) is 14.7. The smallest absolute Gasteiger partial charge is 0.235 e. The van der Waals surface area contributed by atoms with Crippen LogP contribution in [-0.4, -0.2) is 38.1 Å². The highest BCUT2D eigenvalue weighted by molar-refractivity contribution is 6.10. The number of anilines is 2. The maximum Gasteiger partial charge on any atom is 0.235 e. The number of nitrogens with one attached hydrogen (secondary N) is 2. The van der Waals surface area contributed by atoms with Crippen LogP contribution in [0.4, 0.5) is 11.4 Å². The highest BCUT2D eigenvalue weighted by atomic mass is 16.3. The Morgan fingerprint density at radius 2 is 1.46 bits per heavy atom. The van der Waals surface area contributed by atoms with Gasteiger partial charge in [0.1, 0.15) is 11.7 Å². The number of para-hydroxylation sites is 2. The zero-order valence-corrected chi connectivity index (χ0v) is 22.1. The van der Waals surface area contributed by atoms with E-state index in [0.29, 0.717) is 22.6 Å². The van der Waals surface area contributed by atoms with Crippen LogP contribution in [0.15, 0.2) is 48.5 Å². The average molecular weight is 503 g/mol. The second kappa shape index (κ2) is 9.94. The van der Waals surface area contributed by atoms with Crippen molar-refractivity contribution in [1.82, 2.24) is 9.78 Å². The van der Waals surface area contributed by atoms with E-state index in [0.717, 1.165) is 16.8 Å². The third-order valence-electron chi connectivity index (χ3n) is 7.54. The molecule has 4 rings (SSSR count). The van der Waals surface area contributed by atoms with Crippen LogP contribution in [0.1, 0.15) is 47.3 Å². The fraction of sp³-hybridized carbons (Fsp3) is 0.379. The van der Waals surface area contributed by atoms with Crippen LogP contribution in [0.3, 0.4) is 0 Å². The molecule has 2 amide bonds. The van der Waals surface area contributed by atoms with Crippen molar-refractivity contribution in [2.45, 2.75) is 52.6 Å². The minimum Gasteiger partial charge on any atom is -0.389 e. The third kappa shape index (κ3) is 4.93. The number of aliphatic hydroxyl groups is 1. The van der Waals surface area contributed by atoms with E-state index in [1.165, 1.54) is 6.92 Å². The fourth-order valence-electron chi connectivity index (χ4n) is 5.56. The molecule has 0 spiro atoms. The van der Waals surface area contributed by atoms with E-state index in [9.17, 15) is 19.5 Å². The van der Waals surface area contributed by atoms with Crippen molar-refractivity contribution >= 4 is 29.0 Å². The van der Waals surface area contributed by atoms with E-state index in [1.807, 2.05) is 51.1 Å². The Hall–Kier alpha value is -3.78. The summed E-state index contributed by atoms with van der Waals surface area (Å²) in [4.78, 5) is 41.2. The molecule has 0 radical (unpaired) electrons. The molecule has 4 atom stereocenters. The minimum atomic E-state index is -1.68. The molecule has 194 valence electrons. The first kappa shape index (κ1) is 26.3. The zero-order chi connectivity index (χ0) is 27.1. The van der Waals surface area contributed by atoms with Crippen LogP contribution in [0, 0.1) is 39.5 Å². The number of nitrogens with zero attached hydrogens (tertiary/aromatic N) is 2. The molecule has 2 aromatic carbocycles. The number of carbonyl (C=O) groups excluding carboxylic acids is 3. The molecule has 0 unspecified atom stereocenters. The number of benzene rings is 2. The van der Waals surface area contributed by atoms with Gasteiger partial charge in [-0.2, -0.15) is 5.10 Å². The van der Waals surface area contributed by atoms with E-state index in [1.54, 1.807) is 36.9 Å². The molecule has 1 aromatic heterocycles. The molecule has 8 heteroatoms. The van der Waals surface area contributed by atoms with Gasteiger partial charge >= 0.3 is 0 Å². The molecule has 0 saturated heterocycles. The molecule has 0 bridgehead atoms. The molecule has 1 aliphatic rings. The molecular weight excluding hydrogens is 468 g/mol. The number of ketones is 1. The Morgan fingerprint density at radius 1 is 0.946 bits per heavy atom. The van der Waals surface area contributed by atoms with Crippen molar-refractivity contribution in [3.63, 3.8) is 0 Å². The van der Waals surface area contributed by atoms with Crippen molar-refractivity contribution in [1.29, 1.82) is 0 Å². The number of aryl methyl sites for hydroxylation is 4. The van der Waals surface area contributed by atoms with Gasteiger partial charge in [0.2, 0.25) is 11.8 Å². The second-order valence-corrected chi connectivity index (χ2v) is 10.3. The van der Waals surface area contributed by atoms with Gasteiger partial charge in [-0.1, -0.05) is 36.4 Å². The topological polar surface area (TPSA) is 113 Å². The average Bonchev–Trinajstić information content (AvgIpc) is 3.06. The van der Waals surface area contributed by atoms with Crippen LogP contribution in [-0.2, 0) is 21.4 Å². The molecule has 37 heavy (non-hydrogen) atoms. The Bertz CT molecular complexity index is 1370. The number of hydrogen-bond acceptors (Lipinski definition) is 5. The predicted octanol–water partition coefficient (Wildman–Crippen LogP) is 3.97. The maximum atomic E-state index is 13.9. The summed E-state index contributed by atoms with van der Waals surface area (Å²) >= 11 is 0. The minimum absolute atomic E-state index is 0.320. The van der Waals surface area contributed by atoms with Crippen LogP contribution in [0.25, 0.3) is 0 Å². The molecule has 1 fully saturated rings. The van der Waals surface area contributed by atoms with E-state index < -0.39 is 41.0 Å². The lowest BCUT2D eigenvalue weighted by Crippen LogP contribution is -2.56. The molecule has 3 N–H and O–H groups in total. The third-order valence-corrected chi connectivity index (χ3v) is 7.54. The lowest BCUT2D eigenvalue weighted by Gasteiger charge is -2.44. The van der Waals surface area contributed by atoms with E-state index in [4.69, 9.17) is 0 Å². The Morgan fingerprint density at radius 3 is 1.95 bits per heavy atom. The van der Waals surface area contributed by atoms with Gasteiger partial charge in [0.05, 0.1) is 17.2 Å². The summed E-state index contributed by atoms with van der Waals surface area (Å²) < 4.78 is 1.67. The maximum absolute atomic E-state index is 13.9. The van der Waals surface area contributed by atoms with Gasteiger partial charge in [0.25, 0.3) is 0 Å². The SMILES string of the molecule is Cc1ccccc1NC(=O)[C@@H]1C(=O)C[C@](C)(O)[C@H](C(=O)Nc2ccccc2C)[C@H]1c1c(C)nn(C)c1C. The quantitative estimate of drug-likeness (QED) is 0.457. The molecule has 1 aliphatic carbocycles. The number of carbonyl (C=O) groups is 3. The first-order valence-corrected chi connectivity index (χ1v) is 12.4. The first-order valence-electron chi connectivity index (χ1n) is 12.4. The normalized spacial score (nSPS) is 23.5. The number of hydrogen-bond donors (Lipinski definition) is 3. The fourth-order valence-corrected chi connectivity index (χ4v) is 5.56. The Kier molecular flexibility index (Phi) is 7.06. The van der Waals surface area contributed by atoms with Crippen molar-refractivity contribution in [2.75, 3.05) is 10.6 Å². The van der Waals surface area contributed by atoms with Crippen molar-refractivity contribution in [3.05, 3.63) is 76.6 Å². The molecular formula is C29H34N4O4. The van der Waals surface area contributed by atoms with Crippen LogP contribution >= 0.6 is 0 Å². The summed E-state index contributed by atoms with van der Waals surface area (Å²) in [6.45, 7) is 8.88. The lowest BCUT2D eigenvalue weighted by atomic mass is 9.60. The molecule has 3 aromatic rings. The van der Waals surface area contributed by atoms with Gasteiger partial charge in [-0.15, -0.1) is 0 Å². The Balaban J connectivity index is 1.84. The summed E-state index contributed by atoms with van der Waals surface area (Å²) in [5, 5.41) is 21.9. The highest BCUT2D eigenvalue weighted by Gasteiger charge is 2.57. The second-order valence-electron chi connectivity index (χ2n) is 10.3. The Labute approximate surface area is 217 Å². The number of rotatable bonds is 5. The molecule has 8 nitrogen and oxygen atoms in total. The van der Waals surface area contributed by atoms with E-state index >= 15 is 0 Å². The summed E-state index contributed by atoms with van der Waals surface area (Å²) in [5.74, 6) is -4.56. The van der Waals surface area contributed by atoms with Crippen molar-refractivity contribution < 1.29 is 19.5 Å². The van der Waals surface area contributed by atoms with E-state index in [2.05, 4.69) is 15.7 Å². The van der Waals surface area contributed by atoms with Crippen LogP contribution in [0.2, 0.25) is 0 Å².